The van der Waals surface area contributed by atoms with Crippen LogP contribution in [0.1, 0.15) is 11.3 Å². The molecule has 0 saturated heterocycles. The number of anilines is 1. The number of nitriles is 1. The summed E-state index contributed by atoms with van der Waals surface area (Å²) in [6.45, 7) is 0.118. The number of aromatic nitrogens is 3. The summed E-state index contributed by atoms with van der Waals surface area (Å²) in [6, 6.07) is 6.62. The Bertz CT molecular complexity index is 1370. The Balaban J connectivity index is 1.57. The minimum absolute atomic E-state index is 0.00393. The van der Waals surface area contributed by atoms with E-state index in [2.05, 4.69) is 15.3 Å². The molecule has 3 heterocycles. The summed E-state index contributed by atoms with van der Waals surface area (Å²) in [5, 5.41) is 13.2. The zero-order valence-corrected chi connectivity index (χ0v) is 17.7. The number of thiophene rings is 1. The predicted molar refractivity (Wildman–Crippen MR) is 112 cm³/mol. The first-order valence-electron chi connectivity index (χ1n) is 9.41. The third kappa shape index (κ3) is 4.19. The number of benzene rings is 1. The molecule has 4 rings (SSSR count). The minimum atomic E-state index is -4.45. The third-order valence-corrected chi connectivity index (χ3v) is 5.82. The van der Waals surface area contributed by atoms with Gasteiger partial charge in [-0.05, 0) is 18.2 Å². The first-order valence-corrected chi connectivity index (χ1v) is 10.3. The molecule has 12 heteroatoms. The highest BCUT2D eigenvalue weighted by atomic mass is 32.1. The van der Waals surface area contributed by atoms with Crippen LogP contribution in [0.4, 0.5) is 27.8 Å². The van der Waals surface area contributed by atoms with Crippen LogP contribution in [0.25, 0.3) is 21.5 Å². The summed E-state index contributed by atoms with van der Waals surface area (Å²) in [4.78, 5) is 8.34. The number of hydrogen-bond donors (Lipinski definition) is 1. The molecule has 0 spiro atoms. The number of ether oxygens (including phenoxy) is 1. The van der Waals surface area contributed by atoms with Crippen molar-refractivity contribution in [1.82, 2.24) is 14.5 Å². The molecular weight excluding hydrogens is 465 g/mol. The predicted octanol–water partition coefficient (Wildman–Crippen LogP) is 5.45. The Morgan fingerprint density at radius 3 is 2.67 bits per heavy atom. The molecule has 1 aromatic carbocycles. The second-order valence-corrected chi connectivity index (χ2v) is 7.72. The van der Waals surface area contributed by atoms with E-state index in [9.17, 15) is 27.2 Å². The van der Waals surface area contributed by atoms with Gasteiger partial charge in [0.15, 0.2) is 11.5 Å². The van der Waals surface area contributed by atoms with E-state index < -0.39 is 23.4 Å². The van der Waals surface area contributed by atoms with E-state index in [0.29, 0.717) is 16.4 Å². The normalized spacial score (nSPS) is 11.5. The van der Waals surface area contributed by atoms with Crippen molar-refractivity contribution < 1.29 is 26.7 Å². The molecule has 0 atom stereocenters. The molecule has 33 heavy (non-hydrogen) atoms. The van der Waals surface area contributed by atoms with Gasteiger partial charge in [0.05, 0.1) is 34.1 Å². The fraction of sp³-hybridized carbons (Fsp3) is 0.190. The van der Waals surface area contributed by atoms with E-state index in [1.807, 2.05) is 0 Å². The molecule has 1 N–H and O–H groups in total. The van der Waals surface area contributed by atoms with Gasteiger partial charge < -0.3 is 14.6 Å². The fourth-order valence-electron chi connectivity index (χ4n) is 3.38. The van der Waals surface area contributed by atoms with Gasteiger partial charge in [-0.2, -0.15) is 18.4 Å². The molecule has 0 amide bonds. The van der Waals surface area contributed by atoms with Gasteiger partial charge in [-0.25, -0.2) is 18.7 Å². The summed E-state index contributed by atoms with van der Waals surface area (Å²) in [7, 11) is 1.31. The van der Waals surface area contributed by atoms with Crippen LogP contribution in [-0.4, -0.2) is 28.2 Å². The van der Waals surface area contributed by atoms with E-state index in [4.69, 9.17) is 4.74 Å². The van der Waals surface area contributed by atoms with Crippen LogP contribution in [0.3, 0.4) is 0 Å². The van der Waals surface area contributed by atoms with Crippen LogP contribution in [0.15, 0.2) is 36.0 Å². The van der Waals surface area contributed by atoms with Gasteiger partial charge in [0.25, 0.3) is 0 Å². The molecule has 6 nitrogen and oxygen atoms in total. The number of nitrogens with zero attached hydrogens (tertiary/aromatic N) is 4. The molecule has 0 aliphatic heterocycles. The van der Waals surface area contributed by atoms with Crippen LogP contribution in [0, 0.1) is 23.0 Å². The largest absolute Gasteiger partial charge is 0.496 e. The summed E-state index contributed by atoms with van der Waals surface area (Å²) < 4.78 is 74.1. The molecule has 0 saturated carbocycles. The molecule has 0 unspecified atom stereocenters. The highest BCUT2D eigenvalue weighted by Gasteiger charge is 2.32. The third-order valence-electron chi connectivity index (χ3n) is 4.87. The molecule has 0 aliphatic rings. The number of nitrogens with one attached hydrogen (secondary N) is 1. The van der Waals surface area contributed by atoms with Gasteiger partial charge >= 0.3 is 6.18 Å². The number of methoxy groups -OCH3 is 1. The number of halogens is 5. The maximum atomic E-state index is 14.8. The SMILES string of the molecule is COc1ccc(F)c2c1c(F)c(C#N)n2CCNc1cc(-c2cc(C(F)(F)F)cs2)ncn1. The van der Waals surface area contributed by atoms with Crippen LogP contribution >= 0.6 is 11.3 Å². The first kappa shape index (κ1) is 22.5. The van der Waals surface area contributed by atoms with E-state index in [1.54, 1.807) is 6.07 Å². The minimum Gasteiger partial charge on any atom is -0.496 e. The lowest BCUT2D eigenvalue weighted by Gasteiger charge is -2.10. The zero-order chi connectivity index (χ0) is 23.8. The van der Waals surface area contributed by atoms with Crippen LogP contribution in [0.2, 0.25) is 0 Å². The van der Waals surface area contributed by atoms with E-state index in [0.717, 1.165) is 28.8 Å². The van der Waals surface area contributed by atoms with Gasteiger partial charge in [-0.3, -0.25) is 0 Å². The van der Waals surface area contributed by atoms with Crippen molar-refractivity contribution in [2.75, 3.05) is 19.0 Å². The van der Waals surface area contributed by atoms with Crippen molar-refractivity contribution >= 4 is 28.1 Å². The van der Waals surface area contributed by atoms with Gasteiger partial charge in [0.1, 0.15) is 29.8 Å². The molecule has 0 aliphatic carbocycles. The first-order chi connectivity index (χ1) is 15.7. The number of hydrogen-bond acceptors (Lipinski definition) is 6. The molecule has 0 bridgehead atoms. The Morgan fingerprint density at radius 1 is 1.21 bits per heavy atom. The Morgan fingerprint density at radius 2 is 2.00 bits per heavy atom. The average molecular weight is 479 g/mol. The van der Waals surface area contributed by atoms with E-state index >= 15 is 0 Å². The van der Waals surface area contributed by atoms with Crippen molar-refractivity contribution in [3.05, 3.63) is 58.9 Å². The number of rotatable bonds is 6. The van der Waals surface area contributed by atoms with Crippen LogP contribution < -0.4 is 10.1 Å². The molecule has 4 aromatic rings. The smallest absolute Gasteiger partial charge is 0.417 e. The van der Waals surface area contributed by atoms with E-state index in [-0.39, 0.29) is 35.4 Å². The van der Waals surface area contributed by atoms with Crippen LogP contribution in [0.5, 0.6) is 5.75 Å². The van der Waals surface area contributed by atoms with Crippen molar-refractivity contribution in [2.45, 2.75) is 12.7 Å². The van der Waals surface area contributed by atoms with Crippen molar-refractivity contribution in [1.29, 1.82) is 5.26 Å². The van der Waals surface area contributed by atoms with Crippen LogP contribution in [-0.2, 0) is 12.7 Å². The molecule has 3 aromatic heterocycles. The topological polar surface area (TPSA) is 75.8 Å². The number of fused-ring (bicyclic) bond motifs is 1. The lowest BCUT2D eigenvalue weighted by Crippen LogP contribution is -2.13. The maximum absolute atomic E-state index is 14.8. The summed E-state index contributed by atoms with van der Waals surface area (Å²) in [5.41, 5.74) is -0.929. The standard InChI is InChI=1S/C21H14F5N5OS/c1-32-15-3-2-12(22)20-18(15)19(23)14(8-27)31(20)5-4-28-17-7-13(29-10-30-17)16-6-11(9-33-16)21(24,25)26/h2-3,6-7,9-10H,4-5H2,1H3,(H,28,29,30). The highest BCUT2D eigenvalue weighted by Crippen LogP contribution is 2.36. The second-order valence-electron chi connectivity index (χ2n) is 6.81. The van der Waals surface area contributed by atoms with Crippen molar-refractivity contribution in [3.63, 3.8) is 0 Å². The summed E-state index contributed by atoms with van der Waals surface area (Å²) in [5.74, 6) is -1.20. The number of alkyl halides is 3. The highest BCUT2D eigenvalue weighted by molar-refractivity contribution is 7.13. The zero-order valence-electron chi connectivity index (χ0n) is 16.9. The monoisotopic (exact) mass is 479 g/mol. The fourth-order valence-corrected chi connectivity index (χ4v) is 4.26. The lowest BCUT2D eigenvalue weighted by atomic mass is 10.2. The molecule has 0 radical (unpaired) electrons. The van der Waals surface area contributed by atoms with Gasteiger partial charge in [-0.15, -0.1) is 11.3 Å². The Hall–Kier alpha value is -3.72. The van der Waals surface area contributed by atoms with E-state index in [1.165, 1.54) is 30.1 Å². The Kier molecular flexibility index (Phi) is 5.90. The Labute approximate surface area is 187 Å². The average Bonchev–Trinajstić information content (AvgIpc) is 3.39. The maximum Gasteiger partial charge on any atom is 0.417 e. The van der Waals surface area contributed by atoms with Crippen molar-refractivity contribution in [3.8, 4) is 22.4 Å². The molecule has 170 valence electrons. The quantitative estimate of drug-likeness (QED) is 0.372. The second kappa shape index (κ2) is 8.67. The van der Waals surface area contributed by atoms with Gasteiger partial charge in [-0.1, -0.05) is 0 Å². The van der Waals surface area contributed by atoms with Gasteiger partial charge in [0, 0.05) is 24.5 Å². The lowest BCUT2D eigenvalue weighted by molar-refractivity contribution is -0.137. The molecular formula is C21H14F5N5OS. The summed E-state index contributed by atoms with van der Waals surface area (Å²) >= 11 is 0.900. The molecule has 0 fully saturated rings. The summed E-state index contributed by atoms with van der Waals surface area (Å²) in [6.07, 6.45) is -3.26. The van der Waals surface area contributed by atoms with Crippen molar-refractivity contribution in [2.24, 2.45) is 0 Å². The van der Waals surface area contributed by atoms with Gasteiger partial charge in [0.2, 0.25) is 0 Å².